The number of aryl methyl sites for hydroxylation is 2. The van der Waals surface area contributed by atoms with Crippen molar-refractivity contribution in [2.45, 2.75) is 18.2 Å². The molecule has 34 heavy (non-hydrogen) atoms. The maximum absolute atomic E-state index is 12.6. The highest BCUT2D eigenvalue weighted by molar-refractivity contribution is 7.92. The van der Waals surface area contributed by atoms with Gasteiger partial charge in [-0.2, -0.15) is 0 Å². The van der Waals surface area contributed by atoms with E-state index in [1.165, 1.54) is 30.3 Å². The van der Waals surface area contributed by atoms with E-state index in [0.717, 1.165) is 16.6 Å². The molecule has 2 amide bonds. The number of nitrogens with zero attached hydrogens (tertiary/aromatic N) is 2. The van der Waals surface area contributed by atoms with Crippen molar-refractivity contribution in [3.63, 3.8) is 0 Å². The Morgan fingerprint density at radius 2 is 1.68 bits per heavy atom. The Hall–Kier alpha value is -4.18. The van der Waals surface area contributed by atoms with Gasteiger partial charge in [0, 0.05) is 18.3 Å². The molecule has 0 aliphatic carbocycles. The number of hydrogen-bond acceptors (Lipinski definition) is 5. The summed E-state index contributed by atoms with van der Waals surface area (Å²) in [6, 6.07) is 19.9. The Balaban J connectivity index is 1.38. The van der Waals surface area contributed by atoms with E-state index in [4.69, 9.17) is 0 Å². The zero-order valence-electron chi connectivity index (χ0n) is 18.6. The van der Waals surface area contributed by atoms with Gasteiger partial charge in [0.1, 0.15) is 5.82 Å². The van der Waals surface area contributed by atoms with Crippen LogP contribution in [0.4, 0.5) is 5.69 Å². The molecule has 174 valence electrons. The van der Waals surface area contributed by atoms with Crippen LogP contribution in [0.15, 0.2) is 77.7 Å². The van der Waals surface area contributed by atoms with Crippen molar-refractivity contribution in [2.75, 3.05) is 4.72 Å². The van der Waals surface area contributed by atoms with Crippen LogP contribution < -0.4 is 15.6 Å². The van der Waals surface area contributed by atoms with Crippen molar-refractivity contribution in [3.05, 3.63) is 89.7 Å². The van der Waals surface area contributed by atoms with Crippen molar-refractivity contribution < 1.29 is 18.0 Å². The number of aromatic nitrogens is 2. The first-order valence-electron chi connectivity index (χ1n) is 10.4. The third kappa shape index (κ3) is 5.07. The number of hydrogen-bond donors (Lipinski definition) is 3. The number of fused-ring (bicyclic) bond motifs is 1. The number of amides is 2. The van der Waals surface area contributed by atoms with Crippen LogP contribution in [0.25, 0.3) is 11.0 Å². The van der Waals surface area contributed by atoms with Gasteiger partial charge >= 0.3 is 0 Å². The average molecular weight is 478 g/mol. The molecule has 1 heterocycles. The number of nitrogens with one attached hydrogen (secondary N) is 3. The molecule has 0 spiro atoms. The minimum absolute atomic E-state index is 0.0259. The molecule has 4 rings (SSSR count). The Bertz CT molecular complexity index is 1480. The van der Waals surface area contributed by atoms with Gasteiger partial charge in [0.05, 0.1) is 22.3 Å². The lowest BCUT2D eigenvalue weighted by Gasteiger charge is -2.11. The van der Waals surface area contributed by atoms with Gasteiger partial charge in [-0.25, -0.2) is 13.4 Å². The highest BCUT2D eigenvalue weighted by Gasteiger charge is 2.16. The summed E-state index contributed by atoms with van der Waals surface area (Å²) < 4.78 is 29.5. The summed E-state index contributed by atoms with van der Waals surface area (Å²) in [5.41, 5.74) is 7.73. The Kier molecular flexibility index (Phi) is 6.33. The lowest BCUT2D eigenvalue weighted by Crippen LogP contribution is -2.42. The second-order valence-corrected chi connectivity index (χ2v) is 9.44. The molecule has 0 aliphatic rings. The first-order valence-corrected chi connectivity index (χ1v) is 11.9. The highest BCUT2D eigenvalue weighted by Crippen LogP contribution is 2.18. The highest BCUT2D eigenvalue weighted by atomic mass is 32.2. The summed E-state index contributed by atoms with van der Waals surface area (Å²) in [7, 11) is -1.99. The van der Waals surface area contributed by atoms with E-state index in [-0.39, 0.29) is 22.6 Å². The van der Waals surface area contributed by atoms with Gasteiger partial charge in [0.25, 0.3) is 15.9 Å². The second kappa shape index (κ2) is 9.36. The number of para-hydroxylation sites is 2. The molecule has 1 aromatic heterocycles. The van der Waals surface area contributed by atoms with Crippen LogP contribution >= 0.6 is 0 Å². The molecule has 0 atom stereocenters. The lowest BCUT2D eigenvalue weighted by molar-refractivity contribution is -0.121. The van der Waals surface area contributed by atoms with Crippen molar-refractivity contribution in [3.8, 4) is 0 Å². The number of anilines is 1. The molecule has 0 aliphatic heterocycles. The molecule has 3 aromatic carbocycles. The van der Waals surface area contributed by atoms with E-state index in [9.17, 15) is 18.0 Å². The van der Waals surface area contributed by atoms with Gasteiger partial charge in [0.15, 0.2) is 0 Å². The molecule has 0 fully saturated rings. The summed E-state index contributed by atoms with van der Waals surface area (Å²) in [6.45, 7) is 1.86. The molecule has 0 unspecified atom stereocenters. The van der Waals surface area contributed by atoms with Gasteiger partial charge in [-0.05, 0) is 49.4 Å². The summed E-state index contributed by atoms with van der Waals surface area (Å²) in [5, 5.41) is 0. The van der Waals surface area contributed by atoms with Crippen LogP contribution in [0.1, 0.15) is 21.7 Å². The third-order valence-electron chi connectivity index (χ3n) is 5.22. The number of benzene rings is 3. The molecule has 0 saturated heterocycles. The fourth-order valence-electron chi connectivity index (χ4n) is 3.40. The van der Waals surface area contributed by atoms with Crippen LogP contribution in [0, 0.1) is 6.92 Å². The molecular formula is C24H23N5O4S. The van der Waals surface area contributed by atoms with E-state index >= 15 is 0 Å². The molecule has 9 nitrogen and oxygen atoms in total. The van der Waals surface area contributed by atoms with Gasteiger partial charge in [-0.1, -0.05) is 35.9 Å². The van der Waals surface area contributed by atoms with E-state index in [1.54, 1.807) is 18.2 Å². The van der Waals surface area contributed by atoms with Gasteiger partial charge in [-0.3, -0.25) is 25.2 Å². The predicted molar refractivity (Wildman–Crippen MR) is 128 cm³/mol. The smallest absolute Gasteiger partial charge is 0.269 e. The number of carbonyl (C=O) groups is 2. The molecule has 10 heteroatoms. The molecule has 0 radical (unpaired) electrons. The van der Waals surface area contributed by atoms with Gasteiger partial charge in [-0.15, -0.1) is 0 Å². The van der Waals surface area contributed by atoms with Crippen LogP contribution in [0.5, 0.6) is 0 Å². The fraction of sp³-hybridized carbons (Fsp3) is 0.125. The zero-order valence-corrected chi connectivity index (χ0v) is 19.4. The predicted octanol–water partition coefficient (Wildman–Crippen LogP) is 2.69. The molecule has 3 N–H and O–H groups in total. The summed E-state index contributed by atoms with van der Waals surface area (Å²) in [4.78, 5) is 29.4. The number of hydrazine groups is 1. The number of imidazole rings is 1. The average Bonchev–Trinajstić information content (AvgIpc) is 3.13. The van der Waals surface area contributed by atoms with Gasteiger partial charge < -0.3 is 4.57 Å². The molecule has 0 saturated carbocycles. The van der Waals surface area contributed by atoms with Crippen LogP contribution in [0.2, 0.25) is 0 Å². The Morgan fingerprint density at radius 1 is 0.941 bits per heavy atom. The second-order valence-electron chi connectivity index (χ2n) is 7.75. The zero-order chi connectivity index (χ0) is 24.3. The monoisotopic (exact) mass is 477 g/mol. The van der Waals surface area contributed by atoms with Crippen LogP contribution in [-0.2, 0) is 28.3 Å². The van der Waals surface area contributed by atoms with Crippen LogP contribution in [-0.4, -0.2) is 29.8 Å². The van der Waals surface area contributed by atoms with E-state index in [1.807, 2.05) is 42.8 Å². The maximum Gasteiger partial charge on any atom is 0.269 e. The fourth-order valence-corrected chi connectivity index (χ4v) is 4.44. The van der Waals surface area contributed by atoms with E-state index < -0.39 is 21.8 Å². The third-order valence-corrected chi connectivity index (χ3v) is 6.62. The minimum Gasteiger partial charge on any atom is -0.331 e. The Morgan fingerprint density at radius 3 is 2.41 bits per heavy atom. The first-order chi connectivity index (χ1) is 16.2. The number of carbonyl (C=O) groups excluding carboxylic acids is 2. The van der Waals surface area contributed by atoms with Gasteiger partial charge in [0.2, 0.25) is 5.91 Å². The summed E-state index contributed by atoms with van der Waals surface area (Å²) in [6.07, 6.45) is -0.0259. The maximum atomic E-state index is 12.6. The summed E-state index contributed by atoms with van der Waals surface area (Å²) >= 11 is 0. The SMILES string of the molecule is Cc1ccc(S(=O)(=O)Nc2cccc(C(=O)NNC(=O)Cc3nc4ccccc4n3C)c2)cc1. The van der Waals surface area contributed by atoms with E-state index in [2.05, 4.69) is 20.6 Å². The number of sulfonamides is 1. The van der Waals surface area contributed by atoms with Crippen molar-refractivity contribution in [1.29, 1.82) is 0 Å². The molecular weight excluding hydrogens is 454 g/mol. The quantitative estimate of drug-likeness (QED) is 0.369. The minimum atomic E-state index is -3.81. The Labute approximate surface area is 196 Å². The van der Waals surface area contributed by atoms with Crippen molar-refractivity contribution in [1.82, 2.24) is 20.4 Å². The normalized spacial score (nSPS) is 11.2. The molecule has 0 bridgehead atoms. The van der Waals surface area contributed by atoms with Crippen LogP contribution in [0.3, 0.4) is 0 Å². The van der Waals surface area contributed by atoms with E-state index in [0.29, 0.717) is 5.82 Å². The van der Waals surface area contributed by atoms with Crippen molar-refractivity contribution in [2.24, 2.45) is 7.05 Å². The number of rotatable bonds is 6. The topological polar surface area (TPSA) is 122 Å². The first kappa shape index (κ1) is 23.0. The van der Waals surface area contributed by atoms with Crippen molar-refractivity contribution >= 4 is 38.6 Å². The largest absolute Gasteiger partial charge is 0.331 e. The lowest BCUT2D eigenvalue weighted by atomic mass is 10.2. The molecule has 4 aromatic rings. The standard InChI is InChI=1S/C24H23N5O4S/c1-16-10-12-19(13-11-16)34(32,33)28-18-7-5-6-17(14-18)24(31)27-26-23(30)15-22-25-20-8-3-4-9-21(20)29(22)2/h3-14,28H,15H2,1-2H3,(H,26,30)(H,27,31). The summed E-state index contributed by atoms with van der Waals surface area (Å²) in [5.74, 6) is -0.474.